The van der Waals surface area contributed by atoms with E-state index in [0.29, 0.717) is 0 Å². The second-order valence-corrected chi connectivity index (χ2v) is 3.46. The number of fused-ring (bicyclic) bond motifs is 1. The number of aryl methyl sites for hydroxylation is 2. The molecule has 0 aliphatic carbocycles. The molecule has 0 aliphatic heterocycles. The van der Waals surface area contributed by atoms with Gasteiger partial charge in [0, 0.05) is 23.8 Å². The van der Waals surface area contributed by atoms with Crippen LogP contribution in [0.15, 0.2) is 30.3 Å². The topological polar surface area (TPSA) is 13.1 Å². The van der Waals surface area contributed by atoms with Crippen molar-refractivity contribution in [2.24, 2.45) is 0 Å². The summed E-state index contributed by atoms with van der Waals surface area (Å²) in [5.41, 5.74) is 3.52. The van der Waals surface area contributed by atoms with Crippen molar-refractivity contribution < 1.29 is 9.57 Å². The molecule has 1 aromatic heterocycles. The van der Waals surface area contributed by atoms with Crippen LogP contribution in [-0.4, -0.2) is 7.11 Å². The van der Waals surface area contributed by atoms with E-state index in [9.17, 15) is 0 Å². The summed E-state index contributed by atoms with van der Waals surface area (Å²) >= 11 is 0. The number of nitrogens with zero attached hydrogens (tertiary/aromatic N) is 1. The van der Waals surface area contributed by atoms with Crippen molar-refractivity contribution in [1.82, 2.24) is 0 Å². The molecule has 1 aromatic carbocycles. The molecule has 0 fully saturated rings. The molecule has 2 rings (SSSR count). The Labute approximate surface area is 83.7 Å². The summed E-state index contributed by atoms with van der Waals surface area (Å²) in [4.78, 5) is 5.33. The smallest absolute Gasteiger partial charge is 0.265 e. The van der Waals surface area contributed by atoms with Gasteiger partial charge in [-0.1, -0.05) is 12.1 Å². The quantitative estimate of drug-likeness (QED) is 0.622. The first kappa shape index (κ1) is 9.00. The van der Waals surface area contributed by atoms with E-state index in [1.165, 1.54) is 10.9 Å². The third-order valence-corrected chi connectivity index (χ3v) is 2.48. The van der Waals surface area contributed by atoms with Gasteiger partial charge in [-0.2, -0.15) is 0 Å². The number of hydrogen-bond donors (Lipinski definition) is 0. The van der Waals surface area contributed by atoms with E-state index in [4.69, 9.17) is 4.84 Å². The lowest BCUT2D eigenvalue weighted by Crippen LogP contribution is -2.44. The third-order valence-electron chi connectivity index (χ3n) is 2.48. The van der Waals surface area contributed by atoms with E-state index in [-0.39, 0.29) is 0 Å². The van der Waals surface area contributed by atoms with Crippen molar-refractivity contribution >= 4 is 10.9 Å². The second kappa shape index (κ2) is 3.29. The standard InChI is InChI=1S/C12H14NO/c1-9-8-10(2)13(14-3)12-7-5-4-6-11(9)12/h4-8H,1-3H3/q+1. The van der Waals surface area contributed by atoms with Crippen molar-refractivity contribution in [3.05, 3.63) is 41.6 Å². The van der Waals surface area contributed by atoms with Gasteiger partial charge in [-0.3, -0.25) is 4.84 Å². The zero-order valence-corrected chi connectivity index (χ0v) is 8.74. The minimum Gasteiger partial charge on any atom is -0.274 e. The van der Waals surface area contributed by atoms with Crippen LogP contribution in [0.4, 0.5) is 0 Å². The predicted molar refractivity (Wildman–Crippen MR) is 56.1 cm³/mol. The molecule has 0 N–H and O–H groups in total. The molecule has 1 heterocycles. The first-order valence-corrected chi connectivity index (χ1v) is 4.69. The monoisotopic (exact) mass is 188 g/mol. The van der Waals surface area contributed by atoms with E-state index in [1.807, 2.05) is 23.8 Å². The lowest BCUT2D eigenvalue weighted by atomic mass is 10.1. The highest BCUT2D eigenvalue weighted by Gasteiger charge is 2.14. The average molecular weight is 188 g/mol. The molecule has 0 aliphatic rings. The molecule has 0 bridgehead atoms. The van der Waals surface area contributed by atoms with Crippen LogP contribution >= 0.6 is 0 Å². The maximum Gasteiger partial charge on any atom is 0.265 e. The Balaban J connectivity index is 2.90. The summed E-state index contributed by atoms with van der Waals surface area (Å²) < 4.78 is 1.85. The first-order chi connectivity index (χ1) is 6.74. The molecule has 72 valence electrons. The van der Waals surface area contributed by atoms with Gasteiger partial charge in [0.25, 0.3) is 5.52 Å². The summed E-state index contributed by atoms with van der Waals surface area (Å²) in [5.74, 6) is 0. The Morgan fingerprint density at radius 3 is 2.57 bits per heavy atom. The number of aromatic nitrogens is 1. The van der Waals surface area contributed by atoms with Crippen molar-refractivity contribution in [2.75, 3.05) is 7.11 Å². The van der Waals surface area contributed by atoms with Crippen LogP contribution in [0, 0.1) is 13.8 Å². The molecule has 0 atom stereocenters. The molecular weight excluding hydrogens is 174 g/mol. The second-order valence-electron chi connectivity index (χ2n) is 3.46. The highest BCUT2D eigenvalue weighted by molar-refractivity contribution is 5.79. The Morgan fingerprint density at radius 1 is 1.14 bits per heavy atom. The number of para-hydroxylation sites is 1. The van der Waals surface area contributed by atoms with Crippen LogP contribution in [0.1, 0.15) is 11.3 Å². The molecule has 2 heteroatoms. The van der Waals surface area contributed by atoms with Crippen molar-refractivity contribution in [2.45, 2.75) is 13.8 Å². The van der Waals surface area contributed by atoms with Gasteiger partial charge < -0.3 is 0 Å². The van der Waals surface area contributed by atoms with Crippen LogP contribution in [0.2, 0.25) is 0 Å². The van der Waals surface area contributed by atoms with Gasteiger partial charge in [0.05, 0.1) is 5.39 Å². The SMILES string of the molecule is CO[n+]1c(C)cc(C)c2ccccc21. The number of pyridine rings is 1. The van der Waals surface area contributed by atoms with Crippen molar-refractivity contribution in [3.63, 3.8) is 0 Å². The van der Waals surface area contributed by atoms with Crippen LogP contribution < -0.4 is 9.57 Å². The fourth-order valence-corrected chi connectivity index (χ4v) is 1.87. The molecule has 14 heavy (non-hydrogen) atoms. The molecule has 0 radical (unpaired) electrons. The fraction of sp³-hybridized carbons (Fsp3) is 0.250. The molecule has 2 nitrogen and oxygen atoms in total. The summed E-state index contributed by atoms with van der Waals surface area (Å²) in [6.07, 6.45) is 0. The molecule has 0 amide bonds. The van der Waals surface area contributed by atoms with Gasteiger partial charge in [0.15, 0.2) is 0 Å². The Hall–Kier alpha value is -1.57. The van der Waals surface area contributed by atoms with Crippen molar-refractivity contribution in [3.8, 4) is 0 Å². The maximum absolute atomic E-state index is 5.33. The number of benzene rings is 1. The summed E-state index contributed by atoms with van der Waals surface area (Å²) in [7, 11) is 1.69. The van der Waals surface area contributed by atoms with Crippen LogP contribution in [0.5, 0.6) is 0 Å². The molecule has 0 saturated heterocycles. The molecule has 0 spiro atoms. The highest BCUT2D eigenvalue weighted by atomic mass is 16.6. The lowest BCUT2D eigenvalue weighted by molar-refractivity contribution is -0.869. The highest BCUT2D eigenvalue weighted by Crippen LogP contribution is 2.14. The zero-order valence-electron chi connectivity index (χ0n) is 8.74. The van der Waals surface area contributed by atoms with E-state index < -0.39 is 0 Å². The summed E-state index contributed by atoms with van der Waals surface area (Å²) in [6.45, 7) is 4.16. The predicted octanol–water partition coefficient (Wildman–Crippen LogP) is 1.80. The maximum atomic E-state index is 5.33. The van der Waals surface area contributed by atoms with Gasteiger partial charge in [-0.15, -0.1) is 0 Å². The van der Waals surface area contributed by atoms with E-state index in [2.05, 4.69) is 25.1 Å². The molecule has 2 aromatic rings. The summed E-state index contributed by atoms with van der Waals surface area (Å²) in [5, 5.41) is 1.24. The van der Waals surface area contributed by atoms with E-state index >= 15 is 0 Å². The number of hydrogen-bond acceptors (Lipinski definition) is 1. The zero-order chi connectivity index (χ0) is 10.1. The third kappa shape index (κ3) is 1.23. The van der Waals surface area contributed by atoms with Crippen LogP contribution in [0.25, 0.3) is 10.9 Å². The average Bonchev–Trinajstić information content (AvgIpc) is 2.18. The Morgan fingerprint density at radius 2 is 1.86 bits per heavy atom. The lowest BCUT2D eigenvalue weighted by Gasteiger charge is -2.02. The molecule has 0 saturated carbocycles. The van der Waals surface area contributed by atoms with Gasteiger partial charge in [0.1, 0.15) is 7.11 Å². The number of rotatable bonds is 1. The minimum atomic E-state index is 1.11. The summed E-state index contributed by atoms with van der Waals surface area (Å²) in [6, 6.07) is 10.4. The molecule has 0 unspecified atom stereocenters. The fourth-order valence-electron chi connectivity index (χ4n) is 1.87. The minimum absolute atomic E-state index is 1.11. The van der Waals surface area contributed by atoms with E-state index in [1.54, 1.807) is 7.11 Å². The Kier molecular flexibility index (Phi) is 2.12. The Bertz CT molecular complexity index is 477. The normalized spacial score (nSPS) is 10.5. The van der Waals surface area contributed by atoms with Gasteiger partial charge in [0.2, 0.25) is 5.69 Å². The van der Waals surface area contributed by atoms with Gasteiger partial charge >= 0.3 is 0 Å². The first-order valence-electron chi connectivity index (χ1n) is 4.69. The van der Waals surface area contributed by atoms with Gasteiger partial charge in [-0.25, -0.2) is 0 Å². The van der Waals surface area contributed by atoms with Crippen LogP contribution in [0.3, 0.4) is 0 Å². The molecular formula is C12H14NO+. The van der Waals surface area contributed by atoms with Crippen molar-refractivity contribution in [1.29, 1.82) is 0 Å². The van der Waals surface area contributed by atoms with Crippen LogP contribution in [-0.2, 0) is 0 Å². The van der Waals surface area contributed by atoms with E-state index in [0.717, 1.165) is 11.2 Å². The van der Waals surface area contributed by atoms with Gasteiger partial charge in [-0.05, 0) is 18.6 Å². The largest absolute Gasteiger partial charge is 0.274 e.